The first-order chi connectivity index (χ1) is 7.75. The third-order valence-electron chi connectivity index (χ3n) is 2.78. The molecule has 2 rings (SSSR count). The van der Waals surface area contributed by atoms with E-state index in [-0.39, 0.29) is 11.8 Å². The van der Waals surface area contributed by atoms with Gasteiger partial charge in [0, 0.05) is 24.1 Å². The van der Waals surface area contributed by atoms with Crippen molar-refractivity contribution in [1.29, 1.82) is 0 Å². The monoisotopic (exact) mass is 282 g/mol. The van der Waals surface area contributed by atoms with Gasteiger partial charge in [0.25, 0.3) is 0 Å². The number of benzene rings is 1. The first kappa shape index (κ1) is 11.6. The van der Waals surface area contributed by atoms with Crippen LogP contribution in [-0.2, 0) is 11.2 Å². The van der Waals surface area contributed by atoms with Crippen LogP contribution in [-0.4, -0.2) is 25.5 Å². The Hall–Kier alpha value is -0.870. The molecule has 0 bridgehead atoms. The third-order valence-corrected chi connectivity index (χ3v) is 3.31. The highest BCUT2D eigenvalue weighted by Gasteiger charge is 2.23. The average molecular weight is 283 g/mol. The minimum Gasteiger partial charge on any atom is -0.355 e. The molecule has 4 heteroatoms. The highest BCUT2D eigenvalue weighted by atomic mass is 79.9. The Morgan fingerprint density at radius 2 is 2.06 bits per heavy atom. The van der Waals surface area contributed by atoms with Gasteiger partial charge in [-0.1, -0.05) is 28.1 Å². The number of halogens is 1. The van der Waals surface area contributed by atoms with E-state index >= 15 is 0 Å². The first-order valence-electron chi connectivity index (χ1n) is 5.48. The van der Waals surface area contributed by atoms with Crippen molar-refractivity contribution >= 4 is 21.8 Å². The average Bonchev–Trinajstić information content (AvgIpc) is 2.18. The van der Waals surface area contributed by atoms with Gasteiger partial charge in [0.05, 0.1) is 5.92 Å². The fraction of sp³-hybridized carbons (Fsp3) is 0.417. The van der Waals surface area contributed by atoms with E-state index in [1.54, 1.807) is 0 Å². The maximum Gasteiger partial charge on any atom is 0.225 e. The molecule has 86 valence electrons. The van der Waals surface area contributed by atoms with E-state index in [0.29, 0.717) is 0 Å². The Kier molecular flexibility index (Phi) is 3.96. The number of amides is 1. The molecule has 1 aliphatic heterocycles. The van der Waals surface area contributed by atoms with Crippen molar-refractivity contribution in [2.45, 2.75) is 6.42 Å². The van der Waals surface area contributed by atoms with Crippen molar-refractivity contribution in [2.75, 3.05) is 19.6 Å². The van der Waals surface area contributed by atoms with E-state index in [2.05, 4.69) is 38.7 Å². The second-order valence-corrected chi connectivity index (χ2v) is 4.94. The smallest absolute Gasteiger partial charge is 0.225 e. The van der Waals surface area contributed by atoms with E-state index in [9.17, 15) is 4.79 Å². The third kappa shape index (κ3) is 3.06. The van der Waals surface area contributed by atoms with E-state index < -0.39 is 0 Å². The predicted molar refractivity (Wildman–Crippen MR) is 67.2 cm³/mol. The molecule has 3 nitrogen and oxygen atoms in total. The summed E-state index contributed by atoms with van der Waals surface area (Å²) in [7, 11) is 0. The van der Waals surface area contributed by atoms with Gasteiger partial charge >= 0.3 is 0 Å². The molecule has 1 aromatic carbocycles. The van der Waals surface area contributed by atoms with Gasteiger partial charge in [0.1, 0.15) is 0 Å². The van der Waals surface area contributed by atoms with Crippen LogP contribution in [0.5, 0.6) is 0 Å². The molecule has 0 saturated carbocycles. The van der Waals surface area contributed by atoms with Gasteiger partial charge in [-0.25, -0.2) is 0 Å². The number of carbonyl (C=O) groups excluding carboxylic acids is 1. The molecule has 0 atom stereocenters. The second-order valence-electron chi connectivity index (χ2n) is 4.02. The number of hydrogen-bond donors (Lipinski definition) is 2. The van der Waals surface area contributed by atoms with Crippen LogP contribution in [0.25, 0.3) is 0 Å². The Morgan fingerprint density at radius 3 is 2.62 bits per heavy atom. The zero-order valence-corrected chi connectivity index (χ0v) is 10.6. The lowest BCUT2D eigenvalue weighted by atomic mass is 10.0. The summed E-state index contributed by atoms with van der Waals surface area (Å²) < 4.78 is 1.08. The molecule has 0 unspecified atom stereocenters. The van der Waals surface area contributed by atoms with Gasteiger partial charge in [-0.3, -0.25) is 4.79 Å². The summed E-state index contributed by atoms with van der Waals surface area (Å²) in [5, 5.41) is 6.05. The Bertz CT molecular complexity index is 360. The van der Waals surface area contributed by atoms with Crippen molar-refractivity contribution in [2.24, 2.45) is 5.92 Å². The molecule has 0 aliphatic carbocycles. The van der Waals surface area contributed by atoms with Gasteiger partial charge < -0.3 is 10.6 Å². The van der Waals surface area contributed by atoms with Crippen LogP contribution in [0.15, 0.2) is 28.7 Å². The van der Waals surface area contributed by atoms with E-state index in [0.717, 1.165) is 30.5 Å². The van der Waals surface area contributed by atoms with Crippen LogP contribution in [0.2, 0.25) is 0 Å². The maximum atomic E-state index is 11.5. The zero-order chi connectivity index (χ0) is 11.4. The van der Waals surface area contributed by atoms with Crippen LogP contribution < -0.4 is 10.6 Å². The van der Waals surface area contributed by atoms with Crippen LogP contribution in [0.1, 0.15) is 5.56 Å². The number of rotatable bonds is 4. The topological polar surface area (TPSA) is 41.1 Å². The van der Waals surface area contributed by atoms with Crippen LogP contribution in [0.4, 0.5) is 0 Å². The van der Waals surface area contributed by atoms with Crippen molar-refractivity contribution in [3.05, 3.63) is 34.3 Å². The van der Waals surface area contributed by atoms with Crippen molar-refractivity contribution in [1.82, 2.24) is 10.6 Å². The van der Waals surface area contributed by atoms with Gasteiger partial charge in [0.2, 0.25) is 5.91 Å². The summed E-state index contributed by atoms with van der Waals surface area (Å²) in [5.74, 6) is 0.362. The molecule has 1 amide bonds. The summed E-state index contributed by atoms with van der Waals surface area (Å²) in [5.41, 5.74) is 1.25. The predicted octanol–water partition coefficient (Wildman–Crippen LogP) is 1.33. The second kappa shape index (κ2) is 5.46. The summed E-state index contributed by atoms with van der Waals surface area (Å²) in [6.45, 7) is 2.37. The van der Waals surface area contributed by atoms with Crippen LogP contribution >= 0.6 is 15.9 Å². The van der Waals surface area contributed by atoms with Crippen molar-refractivity contribution < 1.29 is 4.79 Å². The molecule has 1 heterocycles. The maximum absolute atomic E-state index is 11.5. The fourth-order valence-corrected chi connectivity index (χ4v) is 1.86. The summed E-state index contributed by atoms with van der Waals surface area (Å²) in [4.78, 5) is 11.5. The number of nitrogens with one attached hydrogen (secondary N) is 2. The SMILES string of the molecule is O=C(NCCc1ccc(Br)cc1)C1CNC1. The lowest BCUT2D eigenvalue weighted by Crippen LogP contribution is -2.51. The molecular weight excluding hydrogens is 268 g/mol. The van der Waals surface area contributed by atoms with Gasteiger partial charge in [-0.2, -0.15) is 0 Å². The quantitative estimate of drug-likeness (QED) is 0.875. The van der Waals surface area contributed by atoms with E-state index in [1.165, 1.54) is 5.56 Å². The number of hydrogen-bond acceptors (Lipinski definition) is 2. The molecule has 2 N–H and O–H groups in total. The standard InChI is InChI=1S/C12H15BrN2O/c13-11-3-1-9(2-4-11)5-6-15-12(16)10-7-14-8-10/h1-4,10,14H,5-8H2,(H,15,16). The molecule has 0 radical (unpaired) electrons. The Labute approximate surface area is 104 Å². The normalized spacial score (nSPS) is 15.6. The van der Waals surface area contributed by atoms with Crippen molar-refractivity contribution in [3.8, 4) is 0 Å². The Morgan fingerprint density at radius 1 is 1.38 bits per heavy atom. The molecular formula is C12H15BrN2O. The molecule has 16 heavy (non-hydrogen) atoms. The van der Waals surface area contributed by atoms with E-state index in [1.807, 2.05) is 12.1 Å². The molecule has 0 spiro atoms. The largest absolute Gasteiger partial charge is 0.355 e. The number of carbonyl (C=O) groups is 1. The van der Waals surface area contributed by atoms with Gasteiger partial charge in [-0.15, -0.1) is 0 Å². The molecule has 1 aliphatic rings. The highest BCUT2D eigenvalue weighted by Crippen LogP contribution is 2.10. The minimum absolute atomic E-state index is 0.177. The summed E-state index contributed by atoms with van der Waals surface area (Å²) in [6, 6.07) is 8.18. The van der Waals surface area contributed by atoms with Crippen LogP contribution in [0, 0.1) is 5.92 Å². The summed E-state index contributed by atoms with van der Waals surface area (Å²) >= 11 is 3.40. The van der Waals surface area contributed by atoms with Gasteiger partial charge in [-0.05, 0) is 24.1 Å². The minimum atomic E-state index is 0.177. The lowest BCUT2D eigenvalue weighted by molar-refractivity contribution is -0.126. The first-order valence-corrected chi connectivity index (χ1v) is 6.28. The molecule has 1 aromatic rings. The fourth-order valence-electron chi connectivity index (χ4n) is 1.60. The molecule has 0 aromatic heterocycles. The van der Waals surface area contributed by atoms with Gasteiger partial charge in [0.15, 0.2) is 0 Å². The zero-order valence-electron chi connectivity index (χ0n) is 9.00. The van der Waals surface area contributed by atoms with Crippen molar-refractivity contribution in [3.63, 3.8) is 0 Å². The Balaban J connectivity index is 1.71. The molecule has 1 fully saturated rings. The highest BCUT2D eigenvalue weighted by molar-refractivity contribution is 9.10. The van der Waals surface area contributed by atoms with Crippen LogP contribution in [0.3, 0.4) is 0 Å². The van der Waals surface area contributed by atoms with E-state index in [4.69, 9.17) is 0 Å². The molecule has 1 saturated heterocycles. The lowest BCUT2D eigenvalue weighted by Gasteiger charge is -2.25. The summed E-state index contributed by atoms with van der Waals surface area (Å²) in [6.07, 6.45) is 0.888.